The fraction of sp³-hybridized carbons (Fsp3) is 0.348. The maximum Gasteiger partial charge on any atom is 0.264 e. The number of rotatable bonds is 6. The summed E-state index contributed by atoms with van der Waals surface area (Å²) in [5.74, 6) is 0.626. The van der Waals surface area contributed by atoms with Gasteiger partial charge in [0.15, 0.2) is 11.7 Å². The summed E-state index contributed by atoms with van der Waals surface area (Å²) >= 11 is 5.21. The average molecular weight is 442 g/mol. The van der Waals surface area contributed by atoms with E-state index in [4.69, 9.17) is 21.7 Å². The van der Waals surface area contributed by atoms with Crippen LogP contribution in [0.1, 0.15) is 35.7 Å². The highest BCUT2D eigenvalue weighted by Crippen LogP contribution is 2.18. The van der Waals surface area contributed by atoms with Crippen LogP contribution in [0.2, 0.25) is 0 Å². The number of benzene rings is 2. The van der Waals surface area contributed by atoms with E-state index in [9.17, 15) is 9.59 Å². The Morgan fingerprint density at radius 2 is 1.84 bits per heavy atom. The van der Waals surface area contributed by atoms with Crippen molar-refractivity contribution in [3.8, 4) is 5.75 Å². The van der Waals surface area contributed by atoms with Gasteiger partial charge in [0.1, 0.15) is 5.75 Å². The Labute approximate surface area is 187 Å². The summed E-state index contributed by atoms with van der Waals surface area (Å²) in [5.41, 5.74) is 2.38. The summed E-state index contributed by atoms with van der Waals surface area (Å²) in [6.45, 7) is 6.32. The molecule has 0 unspecified atom stereocenters. The van der Waals surface area contributed by atoms with Crippen LogP contribution in [-0.4, -0.2) is 54.7 Å². The van der Waals surface area contributed by atoms with Gasteiger partial charge in [0, 0.05) is 24.3 Å². The van der Waals surface area contributed by atoms with E-state index in [2.05, 4.69) is 24.5 Å². The van der Waals surface area contributed by atoms with Gasteiger partial charge in [-0.25, -0.2) is 0 Å². The molecule has 164 valence electrons. The van der Waals surface area contributed by atoms with Crippen LogP contribution in [0, 0.1) is 0 Å². The lowest BCUT2D eigenvalue weighted by atomic mass is 10.0. The quantitative estimate of drug-likeness (QED) is 0.671. The molecule has 2 amide bonds. The van der Waals surface area contributed by atoms with Crippen LogP contribution in [0.4, 0.5) is 5.69 Å². The molecule has 2 N–H and O–H groups in total. The third-order valence-corrected chi connectivity index (χ3v) is 5.04. The molecule has 0 atom stereocenters. The van der Waals surface area contributed by atoms with Crippen LogP contribution in [0.5, 0.6) is 5.75 Å². The molecule has 3 rings (SSSR count). The minimum absolute atomic E-state index is 0.0567. The Kier molecular flexibility index (Phi) is 7.97. The summed E-state index contributed by atoms with van der Waals surface area (Å²) < 4.78 is 10.8. The van der Waals surface area contributed by atoms with Crippen molar-refractivity contribution in [2.75, 3.05) is 38.2 Å². The SMILES string of the molecule is CC(C)c1ccc(OCC(=O)NC(=S)Nc2cccc(C(=O)N3CCOCC3)c2)cc1. The number of anilines is 1. The average Bonchev–Trinajstić information content (AvgIpc) is 2.78. The van der Waals surface area contributed by atoms with Gasteiger partial charge >= 0.3 is 0 Å². The van der Waals surface area contributed by atoms with Gasteiger partial charge < -0.3 is 19.7 Å². The van der Waals surface area contributed by atoms with Gasteiger partial charge in [-0.2, -0.15) is 0 Å². The number of ether oxygens (including phenoxy) is 2. The molecule has 7 nitrogen and oxygen atoms in total. The zero-order valence-corrected chi connectivity index (χ0v) is 18.5. The van der Waals surface area contributed by atoms with Crippen LogP contribution >= 0.6 is 12.2 Å². The van der Waals surface area contributed by atoms with Crippen molar-refractivity contribution < 1.29 is 19.1 Å². The zero-order valence-electron chi connectivity index (χ0n) is 17.7. The normalized spacial score (nSPS) is 13.6. The lowest BCUT2D eigenvalue weighted by molar-refractivity contribution is -0.121. The van der Waals surface area contributed by atoms with E-state index in [0.717, 1.165) is 0 Å². The molecule has 1 fully saturated rings. The second-order valence-corrected chi connectivity index (χ2v) is 7.91. The number of nitrogens with one attached hydrogen (secondary N) is 2. The summed E-state index contributed by atoms with van der Waals surface area (Å²) in [5, 5.41) is 5.66. The molecular weight excluding hydrogens is 414 g/mol. The number of carbonyl (C=O) groups is 2. The molecule has 0 bridgehead atoms. The van der Waals surface area contributed by atoms with Crippen molar-refractivity contribution in [1.82, 2.24) is 10.2 Å². The number of hydrogen-bond donors (Lipinski definition) is 2. The first kappa shape index (κ1) is 22.7. The van der Waals surface area contributed by atoms with Gasteiger partial charge in [-0.05, 0) is 54.0 Å². The van der Waals surface area contributed by atoms with Gasteiger partial charge in [0.25, 0.3) is 11.8 Å². The molecule has 2 aromatic rings. The van der Waals surface area contributed by atoms with E-state index in [1.807, 2.05) is 24.3 Å². The van der Waals surface area contributed by atoms with E-state index >= 15 is 0 Å². The Hall–Kier alpha value is -2.97. The Morgan fingerprint density at radius 1 is 1.13 bits per heavy atom. The predicted octanol–water partition coefficient (Wildman–Crippen LogP) is 3.17. The van der Waals surface area contributed by atoms with Crippen molar-refractivity contribution in [2.24, 2.45) is 0 Å². The van der Waals surface area contributed by atoms with Crippen LogP contribution in [0.15, 0.2) is 48.5 Å². The summed E-state index contributed by atoms with van der Waals surface area (Å²) in [7, 11) is 0. The van der Waals surface area contributed by atoms with Crippen molar-refractivity contribution in [3.05, 3.63) is 59.7 Å². The highest BCUT2D eigenvalue weighted by Gasteiger charge is 2.18. The minimum Gasteiger partial charge on any atom is -0.484 e. The van der Waals surface area contributed by atoms with Gasteiger partial charge in [-0.1, -0.05) is 32.0 Å². The zero-order chi connectivity index (χ0) is 22.2. The molecule has 0 saturated carbocycles. The Bertz CT molecular complexity index is 925. The number of nitrogens with zero attached hydrogens (tertiary/aromatic N) is 1. The maximum absolute atomic E-state index is 12.6. The lowest BCUT2D eigenvalue weighted by Crippen LogP contribution is -2.40. The molecular formula is C23H27N3O4S. The molecule has 0 aromatic heterocycles. The van der Waals surface area contributed by atoms with Gasteiger partial charge in [-0.3, -0.25) is 14.9 Å². The molecule has 1 saturated heterocycles. The number of thiocarbonyl (C=S) groups is 1. The molecule has 0 aliphatic carbocycles. The molecule has 0 spiro atoms. The van der Waals surface area contributed by atoms with E-state index in [-0.39, 0.29) is 23.5 Å². The fourth-order valence-corrected chi connectivity index (χ4v) is 3.33. The molecule has 0 radical (unpaired) electrons. The van der Waals surface area contributed by atoms with Crippen LogP contribution in [-0.2, 0) is 9.53 Å². The largest absolute Gasteiger partial charge is 0.484 e. The predicted molar refractivity (Wildman–Crippen MR) is 124 cm³/mol. The number of morpholine rings is 1. The molecule has 31 heavy (non-hydrogen) atoms. The van der Waals surface area contributed by atoms with Crippen molar-refractivity contribution in [3.63, 3.8) is 0 Å². The first-order chi connectivity index (χ1) is 14.9. The monoisotopic (exact) mass is 441 g/mol. The van der Waals surface area contributed by atoms with Crippen LogP contribution in [0.25, 0.3) is 0 Å². The molecule has 2 aromatic carbocycles. The van der Waals surface area contributed by atoms with Crippen molar-refractivity contribution >= 4 is 34.8 Å². The van der Waals surface area contributed by atoms with Crippen molar-refractivity contribution in [2.45, 2.75) is 19.8 Å². The van der Waals surface area contributed by atoms with Gasteiger partial charge in [0.2, 0.25) is 0 Å². The summed E-state index contributed by atoms with van der Waals surface area (Å²) in [6, 6.07) is 14.7. The Morgan fingerprint density at radius 3 is 2.52 bits per heavy atom. The third kappa shape index (κ3) is 6.77. The van der Waals surface area contributed by atoms with Gasteiger partial charge in [0.05, 0.1) is 13.2 Å². The van der Waals surface area contributed by atoms with Crippen LogP contribution in [0.3, 0.4) is 0 Å². The van der Waals surface area contributed by atoms with E-state index < -0.39 is 0 Å². The number of carbonyl (C=O) groups excluding carboxylic acids is 2. The van der Waals surface area contributed by atoms with Gasteiger partial charge in [-0.15, -0.1) is 0 Å². The molecule has 1 aliphatic rings. The fourth-order valence-electron chi connectivity index (χ4n) is 3.10. The second kappa shape index (κ2) is 10.9. The van der Waals surface area contributed by atoms with E-state index in [1.54, 1.807) is 29.2 Å². The summed E-state index contributed by atoms with van der Waals surface area (Å²) in [4.78, 5) is 26.5. The molecule has 1 heterocycles. The number of hydrogen-bond acceptors (Lipinski definition) is 5. The summed E-state index contributed by atoms with van der Waals surface area (Å²) in [6.07, 6.45) is 0. The first-order valence-electron chi connectivity index (χ1n) is 10.2. The second-order valence-electron chi connectivity index (χ2n) is 7.50. The van der Waals surface area contributed by atoms with Crippen molar-refractivity contribution in [1.29, 1.82) is 0 Å². The lowest BCUT2D eigenvalue weighted by Gasteiger charge is -2.27. The van der Waals surface area contributed by atoms with E-state index in [1.165, 1.54) is 5.56 Å². The smallest absolute Gasteiger partial charge is 0.264 e. The first-order valence-corrected chi connectivity index (χ1v) is 10.6. The number of amides is 2. The molecule has 8 heteroatoms. The van der Waals surface area contributed by atoms with Crippen LogP contribution < -0.4 is 15.4 Å². The highest BCUT2D eigenvalue weighted by atomic mass is 32.1. The van der Waals surface area contributed by atoms with E-state index in [0.29, 0.717) is 49.2 Å². The maximum atomic E-state index is 12.6. The Balaban J connectivity index is 1.48. The minimum atomic E-state index is -0.369. The third-order valence-electron chi connectivity index (χ3n) is 4.84. The molecule has 1 aliphatic heterocycles. The highest BCUT2D eigenvalue weighted by molar-refractivity contribution is 7.80. The topological polar surface area (TPSA) is 79.9 Å². The standard InChI is InChI=1S/C23H27N3O4S/c1-16(2)17-6-8-20(9-7-17)30-15-21(27)25-23(31)24-19-5-3-4-18(14-19)22(28)26-10-12-29-13-11-26/h3-9,14,16H,10-13,15H2,1-2H3,(H2,24,25,27,31).